The van der Waals surface area contributed by atoms with Crippen molar-refractivity contribution in [3.63, 3.8) is 0 Å². The molecule has 0 aliphatic rings. The Balaban J connectivity index is 1.97. The summed E-state index contributed by atoms with van der Waals surface area (Å²) in [5, 5.41) is 2.71. The van der Waals surface area contributed by atoms with Crippen molar-refractivity contribution in [3.8, 4) is 11.5 Å². The van der Waals surface area contributed by atoms with E-state index in [0.717, 1.165) is 4.31 Å². The molecule has 3 rings (SSSR count). The first kappa shape index (κ1) is 26.6. The van der Waals surface area contributed by atoms with Gasteiger partial charge in [-0.3, -0.25) is 9.10 Å². The van der Waals surface area contributed by atoms with Gasteiger partial charge in [-0.25, -0.2) is 13.2 Å². The first-order valence-corrected chi connectivity index (χ1v) is 12.5. The minimum atomic E-state index is -4.18. The molecular formula is C26H28N2O7S. The number of amides is 1. The van der Waals surface area contributed by atoms with Crippen LogP contribution in [-0.2, 0) is 19.6 Å². The number of esters is 1. The molecule has 36 heavy (non-hydrogen) atoms. The molecule has 3 aromatic carbocycles. The number of nitrogens with zero attached hydrogens (tertiary/aromatic N) is 1. The van der Waals surface area contributed by atoms with Gasteiger partial charge in [-0.1, -0.05) is 18.2 Å². The number of hydrogen-bond donors (Lipinski definition) is 1. The highest BCUT2D eigenvalue weighted by Gasteiger charge is 2.29. The van der Waals surface area contributed by atoms with Crippen LogP contribution >= 0.6 is 0 Å². The molecule has 0 aliphatic heterocycles. The van der Waals surface area contributed by atoms with Crippen molar-refractivity contribution in [3.05, 3.63) is 77.9 Å². The summed E-state index contributed by atoms with van der Waals surface area (Å²) in [6.45, 7) is 3.13. The number of methoxy groups -OCH3 is 2. The van der Waals surface area contributed by atoms with Gasteiger partial charge in [-0.15, -0.1) is 0 Å². The van der Waals surface area contributed by atoms with Crippen LogP contribution in [0.3, 0.4) is 0 Å². The van der Waals surface area contributed by atoms with Crippen molar-refractivity contribution in [2.75, 3.05) is 37.0 Å². The summed E-state index contributed by atoms with van der Waals surface area (Å²) in [5.74, 6) is -0.358. The fraction of sp³-hybridized carbons (Fsp3) is 0.231. The van der Waals surface area contributed by atoms with E-state index in [1.807, 2.05) is 0 Å². The second-order valence-corrected chi connectivity index (χ2v) is 9.52. The summed E-state index contributed by atoms with van der Waals surface area (Å²) < 4.78 is 43.8. The van der Waals surface area contributed by atoms with E-state index in [4.69, 9.17) is 14.2 Å². The van der Waals surface area contributed by atoms with Gasteiger partial charge in [0.15, 0.2) is 0 Å². The van der Waals surface area contributed by atoms with E-state index in [1.165, 1.54) is 44.6 Å². The van der Waals surface area contributed by atoms with Gasteiger partial charge in [-0.2, -0.15) is 0 Å². The summed E-state index contributed by atoms with van der Waals surface area (Å²) >= 11 is 0. The van der Waals surface area contributed by atoms with Crippen molar-refractivity contribution in [2.24, 2.45) is 0 Å². The van der Waals surface area contributed by atoms with Gasteiger partial charge >= 0.3 is 5.97 Å². The SMILES string of the molecule is CCOC(=O)c1ccc(C)c(NC(=O)CN(c2ccccc2OC)S(=O)(=O)c2ccc(OC)cc2)c1. The molecule has 0 spiro atoms. The Kier molecular flexibility index (Phi) is 8.55. The van der Waals surface area contributed by atoms with Crippen molar-refractivity contribution < 1.29 is 32.2 Å². The van der Waals surface area contributed by atoms with E-state index in [0.29, 0.717) is 17.0 Å². The Hall–Kier alpha value is -4.05. The highest BCUT2D eigenvalue weighted by molar-refractivity contribution is 7.92. The third-order valence-electron chi connectivity index (χ3n) is 5.31. The smallest absolute Gasteiger partial charge is 0.338 e. The average molecular weight is 513 g/mol. The quantitative estimate of drug-likeness (QED) is 0.409. The molecule has 0 radical (unpaired) electrons. The van der Waals surface area contributed by atoms with Crippen molar-refractivity contribution >= 4 is 33.3 Å². The maximum Gasteiger partial charge on any atom is 0.338 e. The van der Waals surface area contributed by atoms with Crippen LogP contribution < -0.4 is 19.1 Å². The lowest BCUT2D eigenvalue weighted by Gasteiger charge is -2.26. The number of rotatable bonds is 10. The normalized spacial score (nSPS) is 10.9. The zero-order chi connectivity index (χ0) is 26.3. The topological polar surface area (TPSA) is 111 Å². The zero-order valence-corrected chi connectivity index (χ0v) is 21.3. The van der Waals surface area contributed by atoms with Crippen molar-refractivity contribution in [2.45, 2.75) is 18.7 Å². The number of aryl methyl sites for hydroxylation is 1. The van der Waals surface area contributed by atoms with E-state index < -0.39 is 28.4 Å². The summed E-state index contributed by atoms with van der Waals surface area (Å²) in [6, 6.07) is 17.1. The fourth-order valence-electron chi connectivity index (χ4n) is 3.43. The highest BCUT2D eigenvalue weighted by Crippen LogP contribution is 2.32. The summed E-state index contributed by atoms with van der Waals surface area (Å²) in [5.41, 5.74) is 1.53. The van der Waals surface area contributed by atoms with E-state index in [2.05, 4.69) is 5.32 Å². The molecule has 0 aliphatic carbocycles. The lowest BCUT2D eigenvalue weighted by Crippen LogP contribution is -2.38. The standard InChI is InChI=1S/C26H28N2O7S/c1-5-35-26(30)19-11-10-18(2)22(16-19)27-25(29)17-28(23-8-6-7-9-24(23)34-4)36(31,32)21-14-12-20(33-3)13-15-21/h6-16H,5,17H2,1-4H3,(H,27,29). The largest absolute Gasteiger partial charge is 0.497 e. The highest BCUT2D eigenvalue weighted by atomic mass is 32.2. The molecule has 3 aromatic rings. The minimum absolute atomic E-state index is 0.0255. The predicted octanol–water partition coefficient (Wildman–Crippen LogP) is 4.02. The number of carbonyl (C=O) groups excluding carboxylic acids is 2. The Bertz CT molecular complexity index is 1340. The van der Waals surface area contributed by atoms with Gasteiger partial charge in [0.05, 0.1) is 37.0 Å². The number of sulfonamides is 1. The average Bonchev–Trinajstić information content (AvgIpc) is 2.88. The van der Waals surface area contributed by atoms with E-state index in [1.54, 1.807) is 50.2 Å². The van der Waals surface area contributed by atoms with Crippen LogP contribution in [0.5, 0.6) is 11.5 Å². The van der Waals surface area contributed by atoms with Gasteiger partial charge in [0, 0.05) is 5.69 Å². The molecule has 0 unspecified atom stereocenters. The Morgan fingerprint density at radius 2 is 1.64 bits per heavy atom. The zero-order valence-electron chi connectivity index (χ0n) is 20.5. The van der Waals surface area contributed by atoms with Crippen LogP contribution in [0.4, 0.5) is 11.4 Å². The number of para-hydroxylation sites is 2. The molecule has 0 bridgehead atoms. The van der Waals surface area contributed by atoms with Crippen LogP contribution in [0.25, 0.3) is 0 Å². The van der Waals surface area contributed by atoms with E-state index in [9.17, 15) is 18.0 Å². The van der Waals surface area contributed by atoms with Crippen molar-refractivity contribution in [1.82, 2.24) is 0 Å². The molecule has 1 amide bonds. The summed E-state index contributed by atoms with van der Waals surface area (Å²) in [6.07, 6.45) is 0. The first-order chi connectivity index (χ1) is 17.2. The lowest BCUT2D eigenvalue weighted by molar-refractivity contribution is -0.114. The van der Waals surface area contributed by atoms with Crippen LogP contribution in [0, 0.1) is 6.92 Å². The lowest BCUT2D eigenvalue weighted by atomic mass is 10.1. The van der Waals surface area contributed by atoms with Gasteiger partial charge in [0.25, 0.3) is 10.0 Å². The minimum Gasteiger partial charge on any atom is -0.497 e. The Morgan fingerprint density at radius 1 is 0.944 bits per heavy atom. The molecule has 1 N–H and O–H groups in total. The Labute approximate surface area is 210 Å². The first-order valence-electron chi connectivity index (χ1n) is 11.1. The molecule has 10 heteroatoms. The number of carbonyl (C=O) groups is 2. The van der Waals surface area contributed by atoms with Gasteiger partial charge in [0.2, 0.25) is 5.91 Å². The van der Waals surface area contributed by atoms with Gasteiger partial charge < -0.3 is 19.5 Å². The maximum absolute atomic E-state index is 13.7. The molecule has 0 fully saturated rings. The molecule has 9 nitrogen and oxygen atoms in total. The second-order valence-electron chi connectivity index (χ2n) is 7.66. The summed E-state index contributed by atoms with van der Waals surface area (Å²) in [4.78, 5) is 25.2. The van der Waals surface area contributed by atoms with Crippen molar-refractivity contribution in [1.29, 1.82) is 0 Å². The number of nitrogens with one attached hydrogen (secondary N) is 1. The number of benzene rings is 3. The molecular weight excluding hydrogens is 484 g/mol. The van der Waals surface area contributed by atoms with Crippen LogP contribution in [0.15, 0.2) is 71.6 Å². The number of ether oxygens (including phenoxy) is 3. The molecule has 0 atom stereocenters. The van der Waals surface area contributed by atoms with E-state index >= 15 is 0 Å². The molecule has 0 saturated heterocycles. The maximum atomic E-state index is 13.7. The number of hydrogen-bond acceptors (Lipinski definition) is 7. The molecule has 0 aromatic heterocycles. The van der Waals surface area contributed by atoms with Crippen LogP contribution in [-0.4, -0.2) is 47.7 Å². The van der Waals surface area contributed by atoms with Gasteiger partial charge in [-0.05, 0) is 67.9 Å². The van der Waals surface area contributed by atoms with Crippen LogP contribution in [0.2, 0.25) is 0 Å². The van der Waals surface area contributed by atoms with E-state index in [-0.39, 0.29) is 28.5 Å². The third-order valence-corrected chi connectivity index (χ3v) is 7.09. The predicted molar refractivity (Wildman–Crippen MR) is 136 cm³/mol. The Morgan fingerprint density at radius 3 is 2.28 bits per heavy atom. The number of anilines is 2. The van der Waals surface area contributed by atoms with Gasteiger partial charge in [0.1, 0.15) is 18.0 Å². The molecule has 0 saturated carbocycles. The second kappa shape index (κ2) is 11.6. The monoisotopic (exact) mass is 512 g/mol. The molecule has 0 heterocycles. The summed E-state index contributed by atoms with van der Waals surface area (Å²) in [7, 11) is -1.28. The third kappa shape index (κ3) is 5.95. The fourth-order valence-corrected chi connectivity index (χ4v) is 4.86. The molecule has 190 valence electrons. The van der Waals surface area contributed by atoms with Crippen LogP contribution in [0.1, 0.15) is 22.8 Å².